The summed E-state index contributed by atoms with van der Waals surface area (Å²) < 4.78 is 28.4. The average molecular weight is 514 g/mol. The van der Waals surface area contributed by atoms with E-state index in [1.54, 1.807) is 37.3 Å². The Hall–Kier alpha value is -2.85. The average Bonchev–Trinajstić information content (AvgIpc) is 2.75. The lowest BCUT2D eigenvalue weighted by Crippen LogP contribution is -2.15. The van der Waals surface area contributed by atoms with Crippen molar-refractivity contribution in [1.29, 1.82) is 0 Å². The van der Waals surface area contributed by atoms with Gasteiger partial charge in [-0.05, 0) is 42.8 Å². The first-order valence-electron chi connectivity index (χ1n) is 8.90. The summed E-state index contributed by atoms with van der Waals surface area (Å²) in [5.41, 5.74) is 3.52. The largest absolute Gasteiger partial charge is 0.278 e. The number of halogens is 3. The normalized spacial score (nSPS) is 11.8. The Bertz CT molecular complexity index is 1330. The zero-order valence-corrected chi connectivity index (χ0v) is 19.4. The molecule has 3 aromatic carbocycles. The first-order valence-corrected chi connectivity index (χ1v) is 11.5. The van der Waals surface area contributed by atoms with Crippen LogP contribution in [0.3, 0.4) is 0 Å². The summed E-state index contributed by atoms with van der Waals surface area (Å²) >= 11 is 18.0. The molecule has 0 bridgehead atoms. The summed E-state index contributed by atoms with van der Waals surface area (Å²) in [6.45, 7) is 1.67. The van der Waals surface area contributed by atoms with Gasteiger partial charge in [-0.25, -0.2) is 8.42 Å². The third-order valence-corrected chi connectivity index (χ3v) is 6.74. The maximum Gasteiger partial charge on any atom is 0.270 e. The van der Waals surface area contributed by atoms with Gasteiger partial charge in [-0.1, -0.05) is 53.0 Å². The molecule has 3 aromatic rings. The second-order valence-corrected chi connectivity index (χ2v) is 9.33. The van der Waals surface area contributed by atoms with E-state index in [0.717, 1.165) is 6.07 Å². The number of hydrazone groups is 1. The fourth-order valence-electron chi connectivity index (χ4n) is 2.61. The summed E-state index contributed by atoms with van der Waals surface area (Å²) in [4.78, 5) is 10.1. The van der Waals surface area contributed by atoms with Crippen molar-refractivity contribution >= 4 is 67.6 Å². The van der Waals surface area contributed by atoms with Gasteiger partial charge in [0.05, 0.1) is 37.1 Å². The number of anilines is 2. The molecule has 0 aromatic heterocycles. The number of nitro benzene ring substituents is 1. The Balaban J connectivity index is 2.00. The lowest BCUT2D eigenvalue weighted by Gasteiger charge is -2.13. The molecule has 0 aliphatic carbocycles. The number of nitrogens with one attached hydrogen (secondary N) is 2. The van der Waals surface area contributed by atoms with E-state index in [0.29, 0.717) is 21.3 Å². The van der Waals surface area contributed by atoms with Crippen molar-refractivity contribution in [3.8, 4) is 0 Å². The molecular formula is C20H15Cl3N4O4S. The molecule has 3 rings (SSSR count). The molecule has 0 fully saturated rings. The van der Waals surface area contributed by atoms with Gasteiger partial charge < -0.3 is 0 Å². The van der Waals surface area contributed by atoms with Gasteiger partial charge in [-0.3, -0.25) is 20.3 Å². The lowest BCUT2D eigenvalue weighted by molar-refractivity contribution is -0.385. The van der Waals surface area contributed by atoms with Gasteiger partial charge in [0.15, 0.2) is 0 Å². The summed E-state index contributed by atoms with van der Waals surface area (Å²) in [6.07, 6.45) is 0. The molecule has 0 saturated heterocycles. The molecule has 0 aliphatic heterocycles. The van der Waals surface area contributed by atoms with Crippen molar-refractivity contribution in [1.82, 2.24) is 0 Å². The number of benzene rings is 3. The maximum absolute atomic E-state index is 13.0. The summed E-state index contributed by atoms with van der Waals surface area (Å²) in [5.74, 6) is 0. The van der Waals surface area contributed by atoms with Gasteiger partial charge >= 0.3 is 0 Å². The fourth-order valence-corrected chi connectivity index (χ4v) is 4.41. The molecule has 166 valence electrons. The number of para-hydroxylation sites is 1. The molecule has 2 N–H and O–H groups in total. The highest BCUT2D eigenvalue weighted by atomic mass is 35.5. The number of hydrogen-bond donors (Lipinski definition) is 2. The Labute approximate surface area is 199 Å². The highest BCUT2D eigenvalue weighted by Gasteiger charge is 2.23. The Morgan fingerprint density at radius 1 is 0.938 bits per heavy atom. The fraction of sp³-hybridized carbons (Fsp3) is 0.0500. The van der Waals surface area contributed by atoms with Gasteiger partial charge in [0.2, 0.25) is 0 Å². The van der Waals surface area contributed by atoms with Crippen LogP contribution in [0, 0.1) is 10.1 Å². The van der Waals surface area contributed by atoms with Crippen LogP contribution < -0.4 is 10.1 Å². The van der Waals surface area contributed by atoms with E-state index >= 15 is 0 Å². The maximum atomic E-state index is 13.0. The van der Waals surface area contributed by atoms with Crippen LogP contribution in [0.5, 0.6) is 0 Å². The summed E-state index contributed by atoms with van der Waals surface area (Å²) in [6, 6.07) is 14.5. The second-order valence-electron chi connectivity index (χ2n) is 6.46. The van der Waals surface area contributed by atoms with Gasteiger partial charge in [-0.15, -0.1) is 0 Å². The number of nitrogens with zero attached hydrogens (tertiary/aromatic N) is 2. The van der Waals surface area contributed by atoms with E-state index in [-0.39, 0.29) is 21.3 Å². The van der Waals surface area contributed by atoms with Crippen molar-refractivity contribution in [2.45, 2.75) is 11.8 Å². The molecule has 0 heterocycles. The minimum Gasteiger partial charge on any atom is -0.278 e. The number of nitro groups is 1. The van der Waals surface area contributed by atoms with Gasteiger partial charge in [0.1, 0.15) is 4.90 Å². The van der Waals surface area contributed by atoms with Gasteiger partial charge in [-0.2, -0.15) is 5.10 Å². The van der Waals surface area contributed by atoms with E-state index in [1.165, 1.54) is 24.3 Å². The smallest absolute Gasteiger partial charge is 0.270 e. The second kappa shape index (κ2) is 9.74. The quantitative estimate of drug-likeness (QED) is 0.222. The van der Waals surface area contributed by atoms with Crippen LogP contribution in [0.15, 0.2) is 70.7 Å². The third-order valence-electron chi connectivity index (χ3n) is 4.27. The summed E-state index contributed by atoms with van der Waals surface area (Å²) in [7, 11) is -4.26. The number of hydrogen-bond acceptors (Lipinski definition) is 6. The van der Waals surface area contributed by atoms with Gasteiger partial charge in [0, 0.05) is 12.1 Å². The molecule has 0 saturated carbocycles. The topological polar surface area (TPSA) is 114 Å². The predicted octanol–water partition coefficient (Wildman–Crippen LogP) is 6.19. The molecule has 0 unspecified atom stereocenters. The van der Waals surface area contributed by atoms with Crippen LogP contribution in [0.25, 0.3) is 0 Å². The Kier molecular flexibility index (Phi) is 7.25. The van der Waals surface area contributed by atoms with E-state index in [4.69, 9.17) is 34.8 Å². The Morgan fingerprint density at radius 3 is 2.31 bits per heavy atom. The lowest BCUT2D eigenvalue weighted by atomic mass is 10.1. The SMILES string of the molecule is CC(=NNc1ccc([N+](=O)[O-])cc1S(=O)(=O)Nc1ccccc1Cl)c1ccc(Cl)c(Cl)c1. The van der Waals surface area contributed by atoms with E-state index in [2.05, 4.69) is 15.2 Å². The van der Waals surface area contributed by atoms with Crippen molar-refractivity contribution in [3.63, 3.8) is 0 Å². The first kappa shape index (κ1) is 23.8. The molecule has 0 spiro atoms. The van der Waals surface area contributed by atoms with Crippen LogP contribution in [0.4, 0.5) is 17.1 Å². The highest BCUT2D eigenvalue weighted by molar-refractivity contribution is 7.93. The van der Waals surface area contributed by atoms with Crippen molar-refractivity contribution < 1.29 is 13.3 Å². The highest BCUT2D eigenvalue weighted by Crippen LogP contribution is 2.30. The molecule has 8 nitrogen and oxygen atoms in total. The zero-order chi connectivity index (χ0) is 23.5. The molecule has 12 heteroatoms. The molecular weight excluding hydrogens is 499 g/mol. The van der Waals surface area contributed by atoms with E-state index in [1.807, 2.05) is 0 Å². The monoisotopic (exact) mass is 512 g/mol. The van der Waals surface area contributed by atoms with Crippen molar-refractivity contribution in [2.24, 2.45) is 5.10 Å². The van der Waals surface area contributed by atoms with E-state index < -0.39 is 20.6 Å². The number of rotatable bonds is 7. The minimum atomic E-state index is -4.26. The van der Waals surface area contributed by atoms with Crippen LogP contribution in [-0.4, -0.2) is 19.1 Å². The van der Waals surface area contributed by atoms with Crippen molar-refractivity contribution in [3.05, 3.63) is 91.4 Å². The molecule has 32 heavy (non-hydrogen) atoms. The van der Waals surface area contributed by atoms with Crippen LogP contribution in [-0.2, 0) is 10.0 Å². The van der Waals surface area contributed by atoms with Crippen LogP contribution in [0.1, 0.15) is 12.5 Å². The number of sulfonamides is 1. The minimum absolute atomic E-state index is 0.0227. The molecule has 0 amide bonds. The van der Waals surface area contributed by atoms with Crippen LogP contribution in [0.2, 0.25) is 15.1 Å². The molecule has 0 aliphatic rings. The third kappa shape index (κ3) is 5.49. The zero-order valence-electron chi connectivity index (χ0n) is 16.3. The Morgan fingerprint density at radius 2 is 1.66 bits per heavy atom. The van der Waals surface area contributed by atoms with Crippen molar-refractivity contribution in [2.75, 3.05) is 10.1 Å². The molecule has 0 radical (unpaired) electrons. The van der Waals surface area contributed by atoms with Crippen LogP contribution >= 0.6 is 34.8 Å². The standard InChI is InChI=1S/C20H15Cl3N4O4S/c1-12(13-6-8-15(21)17(23)10-13)24-25-19-9-7-14(27(28)29)11-20(19)32(30,31)26-18-5-3-2-4-16(18)22/h2-11,25-26H,1H3. The predicted molar refractivity (Wildman–Crippen MR) is 128 cm³/mol. The molecule has 0 atom stereocenters. The summed E-state index contributed by atoms with van der Waals surface area (Å²) in [5, 5.41) is 16.3. The first-order chi connectivity index (χ1) is 15.1. The van der Waals surface area contributed by atoms with E-state index in [9.17, 15) is 18.5 Å². The number of non-ortho nitro benzene ring substituents is 1. The van der Waals surface area contributed by atoms with Gasteiger partial charge in [0.25, 0.3) is 15.7 Å².